The molecule has 2 aromatic carbocycles. The number of benzene rings is 2. The standard InChI is InChI=1S/C14H8BrClFNO/c15-11-2-4-13(10(6-11)7-16)19-14-3-1-9(8-18)5-12(14)17/h1-6H,7H2. The average molecular weight is 341 g/mol. The number of hydrogen-bond donors (Lipinski definition) is 0. The van der Waals surface area contributed by atoms with E-state index in [1.54, 1.807) is 12.1 Å². The molecule has 2 rings (SSSR count). The van der Waals surface area contributed by atoms with E-state index in [2.05, 4.69) is 15.9 Å². The van der Waals surface area contributed by atoms with Crippen molar-refractivity contribution in [1.82, 2.24) is 0 Å². The number of alkyl halides is 1. The number of nitriles is 1. The van der Waals surface area contributed by atoms with Gasteiger partial charge in [0.25, 0.3) is 0 Å². The van der Waals surface area contributed by atoms with E-state index in [4.69, 9.17) is 21.6 Å². The normalized spacial score (nSPS) is 10.0. The zero-order valence-corrected chi connectivity index (χ0v) is 12.0. The van der Waals surface area contributed by atoms with Gasteiger partial charge < -0.3 is 4.74 Å². The van der Waals surface area contributed by atoms with Crippen molar-refractivity contribution in [2.75, 3.05) is 0 Å². The van der Waals surface area contributed by atoms with Crippen molar-refractivity contribution in [2.24, 2.45) is 0 Å². The Kier molecular flexibility index (Phi) is 4.41. The van der Waals surface area contributed by atoms with E-state index in [1.165, 1.54) is 12.1 Å². The number of halogens is 3. The summed E-state index contributed by atoms with van der Waals surface area (Å²) in [5.74, 6) is 0.226. The van der Waals surface area contributed by atoms with Gasteiger partial charge in [0, 0.05) is 10.0 Å². The van der Waals surface area contributed by atoms with Gasteiger partial charge in [-0.3, -0.25) is 0 Å². The fourth-order valence-electron chi connectivity index (χ4n) is 1.52. The van der Waals surface area contributed by atoms with E-state index in [1.807, 2.05) is 12.1 Å². The maximum Gasteiger partial charge on any atom is 0.167 e. The lowest BCUT2D eigenvalue weighted by molar-refractivity contribution is 0.439. The van der Waals surface area contributed by atoms with E-state index in [9.17, 15) is 4.39 Å². The first kappa shape index (κ1) is 13.9. The van der Waals surface area contributed by atoms with Crippen LogP contribution >= 0.6 is 27.5 Å². The zero-order valence-electron chi connectivity index (χ0n) is 9.66. The predicted octanol–water partition coefficient (Wildman–Crippen LogP) is 4.99. The van der Waals surface area contributed by atoms with Crippen LogP contribution in [0.25, 0.3) is 0 Å². The molecule has 19 heavy (non-hydrogen) atoms. The number of rotatable bonds is 3. The van der Waals surface area contributed by atoms with Crippen LogP contribution in [0.3, 0.4) is 0 Å². The molecular formula is C14H8BrClFNO. The van der Waals surface area contributed by atoms with E-state index in [0.29, 0.717) is 5.75 Å². The average Bonchev–Trinajstić information content (AvgIpc) is 2.42. The number of nitrogens with zero attached hydrogens (tertiary/aromatic N) is 1. The topological polar surface area (TPSA) is 33.0 Å². The van der Waals surface area contributed by atoms with Gasteiger partial charge in [0.2, 0.25) is 0 Å². The predicted molar refractivity (Wildman–Crippen MR) is 74.9 cm³/mol. The Labute approximate surface area is 123 Å². The Bertz CT molecular complexity index is 654. The first-order chi connectivity index (χ1) is 9.13. The summed E-state index contributed by atoms with van der Waals surface area (Å²) < 4.78 is 20.1. The summed E-state index contributed by atoms with van der Waals surface area (Å²) in [5, 5.41) is 8.68. The molecule has 0 radical (unpaired) electrons. The molecule has 0 spiro atoms. The second-order valence-electron chi connectivity index (χ2n) is 3.74. The lowest BCUT2D eigenvalue weighted by Crippen LogP contribution is -1.93. The first-order valence-corrected chi connectivity index (χ1v) is 6.68. The van der Waals surface area contributed by atoms with Gasteiger partial charge in [-0.25, -0.2) is 4.39 Å². The maximum absolute atomic E-state index is 13.7. The highest BCUT2D eigenvalue weighted by atomic mass is 79.9. The van der Waals surface area contributed by atoms with Crippen LogP contribution in [0.5, 0.6) is 11.5 Å². The molecule has 96 valence electrons. The van der Waals surface area contributed by atoms with Crippen LogP contribution < -0.4 is 4.74 Å². The highest BCUT2D eigenvalue weighted by Crippen LogP contribution is 2.30. The molecule has 0 heterocycles. The second-order valence-corrected chi connectivity index (χ2v) is 4.93. The zero-order chi connectivity index (χ0) is 13.8. The molecule has 5 heteroatoms. The van der Waals surface area contributed by atoms with Crippen LogP contribution in [0.2, 0.25) is 0 Å². The minimum Gasteiger partial charge on any atom is -0.454 e. The molecule has 0 saturated heterocycles. The lowest BCUT2D eigenvalue weighted by atomic mass is 10.2. The van der Waals surface area contributed by atoms with Crippen LogP contribution in [0.1, 0.15) is 11.1 Å². The quantitative estimate of drug-likeness (QED) is 0.737. The summed E-state index contributed by atoms with van der Waals surface area (Å²) in [6, 6.07) is 11.2. The largest absolute Gasteiger partial charge is 0.454 e. The van der Waals surface area contributed by atoms with Gasteiger partial charge in [-0.1, -0.05) is 15.9 Å². The fourth-order valence-corrected chi connectivity index (χ4v) is 2.14. The van der Waals surface area contributed by atoms with Crippen LogP contribution in [0.15, 0.2) is 40.9 Å². The molecule has 0 fully saturated rings. The molecule has 0 bridgehead atoms. The molecule has 0 aromatic heterocycles. The van der Waals surface area contributed by atoms with Crippen molar-refractivity contribution in [1.29, 1.82) is 5.26 Å². The lowest BCUT2D eigenvalue weighted by Gasteiger charge is -2.10. The smallest absolute Gasteiger partial charge is 0.167 e. The number of hydrogen-bond acceptors (Lipinski definition) is 2. The van der Waals surface area contributed by atoms with Gasteiger partial charge >= 0.3 is 0 Å². The summed E-state index contributed by atoms with van der Waals surface area (Å²) >= 11 is 9.15. The van der Waals surface area contributed by atoms with E-state index in [-0.39, 0.29) is 17.2 Å². The molecule has 2 nitrogen and oxygen atoms in total. The van der Waals surface area contributed by atoms with Gasteiger partial charge in [-0.15, -0.1) is 11.6 Å². The Balaban J connectivity index is 2.34. The fraction of sp³-hybridized carbons (Fsp3) is 0.0714. The Hall–Kier alpha value is -1.57. The third kappa shape index (κ3) is 3.25. The number of ether oxygens (including phenoxy) is 1. The Morgan fingerprint density at radius 3 is 2.58 bits per heavy atom. The minimum absolute atomic E-state index is 0.0627. The molecule has 0 saturated carbocycles. The van der Waals surface area contributed by atoms with Gasteiger partial charge in [0.15, 0.2) is 11.6 Å². The molecule has 0 aliphatic heterocycles. The molecule has 0 aliphatic rings. The van der Waals surface area contributed by atoms with Gasteiger partial charge in [-0.05, 0) is 36.4 Å². The van der Waals surface area contributed by atoms with Crippen molar-refractivity contribution < 1.29 is 9.13 Å². The molecular weight excluding hydrogens is 333 g/mol. The Morgan fingerprint density at radius 1 is 1.21 bits per heavy atom. The third-order valence-electron chi connectivity index (χ3n) is 2.45. The van der Waals surface area contributed by atoms with E-state index < -0.39 is 5.82 Å². The Morgan fingerprint density at radius 2 is 1.95 bits per heavy atom. The van der Waals surface area contributed by atoms with Crippen LogP contribution in [-0.4, -0.2) is 0 Å². The van der Waals surface area contributed by atoms with Crippen LogP contribution in [0.4, 0.5) is 4.39 Å². The SMILES string of the molecule is N#Cc1ccc(Oc2ccc(Br)cc2CCl)c(F)c1. The highest BCUT2D eigenvalue weighted by Gasteiger charge is 2.09. The van der Waals surface area contributed by atoms with Crippen LogP contribution in [-0.2, 0) is 5.88 Å². The highest BCUT2D eigenvalue weighted by molar-refractivity contribution is 9.10. The van der Waals surface area contributed by atoms with Crippen molar-refractivity contribution in [3.05, 3.63) is 57.8 Å². The third-order valence-corrected chi connectivity index (χ3v) is 3.23. The molecule has 0 unspecified atom stereocenters. The maximum atomic E-state index is 13.7. The van der Waals surface area contributed by atoms with Gasteiger partial charge in [0.05, 0.1) is 17.5 Å². The van der Waals surface area contributed by atoms with E-state index in [0.717, 1.165) is 16.1 Å². The van der Waals surface area contributed by atoms with Crippen molar-refractivity contribution >= 4 is 27.5 Å². The van der Waals surface area contributed by atoms with Crippen molar-refractivity contribution in [2.45, 2.75) is 5.88 Å². The second kappa shape index (κ2) is 6.05. The van der Waals surface area contributed by atoms with Gasteiger partial charge in [-0.2, -0.15) is 5.26 Å². The summed E-state index contributed by atoms with van der Waals surface area (Å²) in [6.45, 7) is 0. The molecule has 0 atom stereocenters. The summed E-state index contributed by atoms with van der Waals surface area (Å²) in [6.07, 6.45) is 0. The molecule has 0 aliphatic carbocycles. The van der Waals surface area contributed by atoms with Crippen molar-refractivity contribution in [3.63, 3.8) is 0 Å². The molecule has 0 amide bonds. The first-order valence-electron chi connectivity index (χ1n) is 5.36. The monoisotopic (exact) mass is 339 g/mol. The summed E-state index contributed by atoms with van der Waals surface area (Å²) in [7, 11) is 0. The van der Waals surface area contributed by atoms with Gasteiger partial charge in [0.1, 0.15) is 5.75 Å². The van der Waals surface area contributed by atoms with Crippen molar-refractivity contribution in [3.8, 4) is 17.6 Å². The summed E-state index contributed by atoms with van der Waals surface area (Å²) in [5.41, 5.74) is 0.998. The molecule has 0 N–H and O–H groups in total. The molecule has 2 aromatic rings. The van der Waals surface area contributed by atoms with Crippen LogP contribution in [0, 0.1) is 17.1 Å². The van der Waals surface area contributed by atoms with E-state index >= 15 is 0 Å². The summed E-state index contributed by atoms with van der Waals surface area (Å²) in [4.78, 5) is 0. The minimum atomic E-state index is -0.581.